The van der Waals surface area contributed by atoms with Gasteiger partial charge in [-0.2, -0.15) is 0 Å². The van der Waals surface area contributed by atoms with Crippen LogP contribution >= 0.6 is 0 Å². The molecule has 4 rings (SSSR count). The number of imidazole rings is 2. The lowest BCUT2D eigenvalue weighted by atomic mass is 9.91. The third kappa shape index (κ3) is 2.66. The fourth-order valence-electron chi connectivity index (χ4n) is 5.43. The van der Waals surface area contributed by atoms with Crippen molar-refractivity contribution in [1.29, 1.82) is 0 Å². The number of rotatable bonds is 2. The Labute approximate surface area is 186 Å². The molecule has 164 valence electrons. The first-order valence-corrected chi connectivity index (χ1v) is 11.2. The van der Waals surface area contributed by atoms with E-state index in [9.17, 15) is 0 Å². The quantitative estimate of drug-likeness (QED) is 0.387. The highest BCUT2D eigenvalue weighted by Gasteiger charge is 2.35. The van der Waals surface area contributed by atoms with Crippen LogP contribution in [-0.2, 0) is 19.5 Å². The van der Waals surface area contributed by atoms with Gasteiger partial charge in [-0.25, -0.2) is 9.97 Å². The maximum absolute atomic E-state index is 5.22. The molecule has 2 aromatic carbocycles. The van der Waals surface area contributed by atoms with Crippen molar-refractivity contribution >= 4 is 22.1 Å². The number of aromatic nitrogens is 4. The van der Waals surface area contributed by atoms with E-state index >= 15 is 0 Å². The van der Waals surface area contributed by atoms with E-state index in [1.807, 2.05) is 0 Å². The summed E-state index contributed by atoms with van der Waals surface area (Å²) in [6, 6.07) is 0. The van der Waals surface area contributed by atoms with Crippen molar-refractivity contribution in [1.82, 2.24) is 19.1 Å². The van der Waals surface area contributed by atoms with Gasteiger partial charge in [0.25, 0.3) is 0 Å². The van der Waals surface area contributed by atoms with Gasteiger partial charge in [0.05, 0.1) is 27.5 Å². The molecular formula is C27H36N4. The highest BCUT2D eigenvalue weighted by atomic mass is 15.1. The number of benzene rings is 2. The lowest BCUT2D eigenvalue weighted by Gasteiger charge is -2.24. The third-order valence-electron chi connectivity index (χ3n) is 8.10. The van der Waals surface area contributed by atoms with Gasteiger partial charge in [0, 0.05) is 14.1 Å². The molecular weight excluding hydrogens is 380 g/mol. The highest BCUT2D eigenvalue weighted by molar-refractivity contribution is 5.87. The molecule has 2 heterocycles. The molecule has 2 aromatic heterocycles. The van der Waals surface area contributed by atoms with Crippen molar-refractivity contribution < 1.29 is 0 Å². The molecule has 0 spiro atoms. The zero-order valence-corrected chi connectivity index (χ0v) is 21.3. The Morgan fingerprint density at radius 1 is 0.484 bits per heavy atom. The van der Waals surface area contributed by atoms with Gasteiger partial charge in [-0.1, -0.05) is 0 Å². The fraction of sp³-hybridized carbons (Fsp3) is 0.481. The Hall–Kier alpha value is -2.62. The first-order valence-electron chi connectivity index (χ1n) is 11.2. The zero-order valence-electron chi connectivity index (χ0n) is 21.3. The second-order valence-corrected chi connectivity index (χ2v) is 10.0. The maximum Gasteiger partial charge on any atom is 0.122 e. The zero-order chi connectivity index (χ0) is 23.2. The molecule has 0 fully saturated rings. The van der Waals surface area contributed by atoms with Gasteiger partial charge in [0.15, 0.2) is 0 Å². The number of nitrogens with zero attached hydrogens (tertiary/aromatic N) is 4. The van der Waals surface area contributed by atoms with Crippen LogP contribution in [0.4, 0.5) is 0 Å². The molecule has 0 amide bonds. The van der Waals surface area contributed by atoms with Crippen LogP contribution in [0.15, 0.2) is 0 Å². The van der Waals surface area contributed by atoms with Gasteiger partial charge in [-0.05, 0) is 114 Å². The first kappa shape index (κ1) is 21.6. The molecule has 0 aliphatic carbocycles. The molecule has 31 heavy (non-hydrogen) atoms. The summed E-state index contributed by atoms with van der Waals surface area (Å²) in [6.45, 7) is 22.2. The van der Waals surface area contributed by atoms with E-state index in [0.717, 1.165) is 22.7 Å². The van der Waals surface area contributed by atoms with Crippen molar-refractivity contribution in [3.63, 3.8) is 0 Å². The molecule has 0 bridgehead atoms. The van der Waals surface area contributed by atoms with E-state index in [1.54, 1.807) is 0 Å². The Kier molecular flexibility index (Phi) is 4.66. The van der Waals surface area contributed by atoms with E-state index < -0.39 is 0 Å². The summed E-state index contributed by atoms with van der Waals surface area (Å²) in [5, 5.41) is 0. The summed E-state index contributed by atoms with van der Waals surface area (Å²) >= 11 is 0. The molecule has 4 heteroatoms. The van der Waals surface area contributed by atoms with Crippen molar-refractivity contribution in [2.45, 2.75) is 74.7 Å². The molecule has 0 saturated heterocycles. The van der Waals surface area contributed by atoms with Crippen LogP contribution in [0, 0.1) is 55.4 Å². The lowest BCUT2D eigenvalue weighted by molar-refractivity contribution is 0.516. The predicted octanol–water partition coefficient (Wildman–Crippen LogP) is 6.25. The molecule has 0 radical (unpaired) electrons. The summed E-state index contributed by atoms with van der Waals surface area (Å²) in [4.78, 5) is 10.4. The maximum atomic E-state index is 5.22. The Balaban J connectivity index is 2.07. The molecule has 4 aromatic rings. The average molecular weight is 417 g/mol. The highest BCUT2D eigenvalue weighted by Crippen LogP contribution is 2.38. The van der Waals surface area contributed by atoms with Crippen LogP contribution in [0.25, 0.3) is 22.1 Å². The van der Waals surface area contributed by atoms with Gasteiger partial charge in [-0.15, -0.1) is 0 Å². The van der Waals surface area contributed by atoms with Gasteiger partial charge >= 0.3 is 0 Å². The lowest BCUT2D eigenvalue weighted by Crippen LogP contribution is -2.27. The predicted molar refractivity (Wildman–Crippen MR) is 131 cm³/mol. The Bertz CT molecular complexity index is 1290. The molecule has 0 saturated carbocycles. The summed E-state index contributed by atoms with van der Waals surface area (Å²) in [6.07, 6.45) is 0. The molecule has 0 atom stereocenters. The second kappa shape index (κ2) is 6.69. The minimum Gasteiger partial charge on any atom is -0.330 e. The van der Waals surface area contributed by atoms with Crippen LogP contribution in [0.2, 0.25) is 0 Å². The molecule has 4 nitrogen and oxygen atoms in total. The standard InChI is InChI=1S/C27H36N4/c1-13-15(3)19(7)23-21(17(13)5)28-25(30(23)11)27(9,10)26-29-22-18(6)14(2)16(4)20(8)24(22)31(26)12/h1-12H3. The monoisotopic (exact) mass is 416 g/mol. The molecule has 0 aliphatic rings. The molecule has 0 unspecified atom stereocenters. The topological polar surface area (TPSA) is 35.6 Å². The summed E-state index contributed by atoms with van der Waals surface area (Å²) in [7, 11) is 4.31. The normalized spacial score (nSPS) is 12.5. The third-order valence-corrected chi connectivity index (χ3v) is 8.10. The largest absolute Gasteiger partial charge is 0.330 e. The van der Waals surface area contributed by atoms with Gasteiger partial charge < -0.3 is 9.13 Å². The minimum atomic E-state index is -0.344. The molecule has 0 aliphatic heterocycles. The van der Waals surface area contributed by atoms with Crippen molar-refractivity contribution in [3.05, 3.63) is 56.2 Å². The van der Waals surface area contributed by atoms with Crippen LogP contribution in [0.3, 0.4) is 0 Å². The van der Waals surface area contributed by atoms with Gasteiger partial charge in [0.1, 0.15) is 11.6 Å². The van der Waals surface area contributed by atoms with Crippen molar-refractivity contribution in [3.8, 4) is 0 Å². The number of hydrogen-bond acceptors (Lipinski definition) is 2. The van der Waals surface area contributed by atoms with Crippen LogP contribution in [0.5, 0.6) is 0 Å². The number of fused-ring (bicyclic) bond motifs is 2. The Morgan fingerprint density at radius 2 is 0.774 bits per heavy atom. The summed E-state index contributed by atoms with van der Waals surface area (Å²) < 4.78 is 4.58. The Morgan fingerprint density at radius 3 is 1.10 bits per heavy atom. The smallest absolute Gasteiger partial charge is 0.122 e. The number of aryl methyl sites for hydroxylation is 6. The SMILES string of the molecule is Cc1c(C)c(C)c2c(nc(C(C)(C)c3nc4c(C)c(C)c(C)c(C)c4n3C)n2C)c1C. The first-order chi connectivity index (χ1) is 14.3. The summed E-state index contributed by atoms with van der Waals surface area (Å²) in [5.41, 5.74) is 14.9. The van der Waals surface area contributed by atoms with E-state index in [4.69, 9.17) is 9.97 Å². The number of hydrogen-bond donors (Lipinski definition) is 0. The van der Waals surface area contributed by atoms with Crippen molar-refractivity contribution in [2.75, 3.05) is 0 Å². The van der Waals surface area contributed by atoms with Gasteiger partial charge in [0.2, 0.25) is 0 Å². The van der Waals surface area contributed by atoms with Crippen LogP contribution in [0.1, 0.15) is 70.0 Å². The fourth-order valence-corrected chi connectivity index (χ4v) is 5.43. The van der Waals surface area contributed by atoms with Crippen LogP contribution in [-0.4, -0.2) is 19.1 Å². The molecule has 0 N–H and O–H groups in total. The second-order valence-electron chi connectivity index (χ2n) is 10.0. The van der Waals surface area contributed by atoms with E-state index in [0.29, 0.717) is 0 Å². The average Bonchev–Trinajstić information content (AvgIpc) is 3.26. The van der Waals surface area contributed by atoms with E-state index in [1.165, 1.54) is 55.5 Å². The summed E-state index contributed by atoms with van der Waals surface area (Å²) in [5.74, 6) is 2.11. The van der Waals surface area contributed by atoms with Crippen LogP contribution < -0.4 is 0 Å². The van der Waals surface area contributed by atoms with Gasteiger partial charge in [-0.3, -0.25) is 0 Å². The minimum absolute atomic E-state index is 0.344. The van der Waals surface area contributed by atoms with E-state index in [2.05, 4.69) is 92.5 Å². The van der Waals surface area contributed by atoms with E-state index in [-0.39, 0.29) is 5.41 Å². The van der Waals surface area contributed by atoms with Crippen molar-refractivity contribution in [2.24, 2.45) is 14.1 Å².